The second-order valence-electron chi connectivity index (χ2n) is 5.56. The highest BCUT2D eigenvalue weighted by atomic mass is 16.5. The average molecular weight is 233 g/mol. The second-order valence-corrected chi connectivity index (χ2v) is 5.56. The fraction of sp³-hybridized carbons (Fsp3) is 0.600. The number of hydrogen-bond donors (Lipinski definition) is 0. The smallest absolute Gasteiger partial charge is 0.118 e. The fourth-order valence-corrected chi connectivity index (χ4v) is 2.83. The van der Waals surface area contributed by atoms with Crippen LogP contribution < -0.4 is 4.74 Å². The molecule has 0 aliphatic carbocycles. The number of ether oxygens (including phenoxy) is 1. The van der Waals surface area contributed by atoms with Crippen molar-refractivity contribution >= 4 is 0 Å². The molecule has 0 amide bonds. The molecular formula is C15H23NO. The normalized spacial score (nSPS) is 30.2. The van der Waals surface area contributed by atoms with Crippen LogP contribution in [-0.4, -0.2) is 32.1 Å². The average Bonchev–Trinajstić information content (AvgIpc) is 2.34. The van der Waals surface area contributed by atoms with Gasteiger partial charge in [0.1, 0.15) is 5.75 Å². The molecule has 1 fully saturated rings. The Labute approximate surface area is 105 Å². The number of rotatable bonds is 2. The molecule has 0 bridgehead atoms. The molecule has 0 radical (unpaired) electrons. The highest BCUT2D eigenvalue weighted by molar-refractivity contribution is 5.33. The third-order valence-electron chi connectivity index (χ3n) is 4.44. The Kier molecular flexibility index (Phi) is 3.43. The predicted molar refractivity (Wildman–Crippen MR) is 71.6 cm³/mol. The Morgan fingerprint density at radius 2 is 1.94 bits per heavy atom. The van der Waals surface area contributed by atoms with E-state index >= 15 is 0 Å². The quantitative estimate of drug-likeness (QED) is 0.778. The molecule has 1 aromatic carbocycles. The Bertz CT molecular complexity index is 373. The van der Waals surface area contributed by atoms with Crippen LogP contribution in [0.1, 0.15) is 25.8 Å². The van der Waals surface area contributed by atoms with Gasteiger partial charge in [0.05, 0.1) is 7.11 Å². The van der Waals surface area contributed by atoms with Crippen LogP contribution in [0.25, 0.3) is 0 Å². The summed E-state index contributed by atoms with van der Waals surface area (Å²) in [5, 5.41) is 0. The Balaban J connectivity index is 2.24. The highest BCUT2D eigenvalue weighted by Gasteiger charge is 2.36. The largest absolute Gasteiger partial charge is 0.497 e. The van der Waals surface area contributed by atoms with Gasteiger partial charge in [-0.1, -0.05) is 26.0 Å². The second kappa shape index (κ2) is 4.69. The SMILES string of the molecule is COc1ccc(C2(C)CCN(C)CC2C)cc1. The van der Waals surface area contributed by atoms with E-state index in [1.807, 2.05) is 0 Å². The number of likely N-dealkylation sites (tertiary alicyclic amines) is 1. The molecule has 2 nitrogen and oxygen atoms in total. The fourth-order valence-electron chi connectivity index (χ4n) is 2.83. The van der Waals surface area contributed by atoms with Crippen LogP contribution in [0.3, 0.4) is 0 Å². The van der Waals surface area contributed by atoms with Gasteiger partial charge in [0.2, 0.25) is 0 Å². The number of methoxy groups -OCH3 is 1. The van der Waals surface area contributed by atoms with E-state index in [1.165, 1.54) is 25.1 Å². The third-order valence-corrected chi connectivity index (χ3v) is 4.44. The lowest BCUT2D eigenvalue weighted by molar-refractivity contribution is 0.134. The first-order valence-corrected chi connectivity index (χ1v) is 6.39. The maximum Gasteiger partial charge on any atom is 0.118 e. The van der Waals surface area contributed by atoms with Crippen LogP contribution in [0, 0.1) is 5.92 Å². The molecule has 1 aliphatic heterocycles. The standard InChI is InChI=1S/C15H23NO/c1-12-11-16(3)10-9-15(12,2)13-5-7-14(17-4)8-6-13/h5-8,12H,9-11H2,1-4H3. The van der Waals surface area contributed by atoms with E-state index in [0.717, 1.165) is 5.75 Å². The van der Waals surface area contributed by atoms with E-state index in [0.29, 0.717) is 11.3 Å². The van der Waals surface area contributed by atoms with Crippen LogP contribution in [0.2, 0.25) is 0 Å². The molecule has 17 heavy (non-hydrogen) atoms. The zero-order valence-electron chi connectivity index (χ0n) is 11.4. The zero-order valence-corrected chi connectivity index (χ0v) is 11.4. The zero-order chi connectivity index (χ0) is 12.5. The van der Waals surface area contributed by atoms with Crippen LogP contribution in [-0.2, 0) is 5.41 Å². The Morgan fingerprint density at radius 3 is 2.47 bits per heavy atom. The predicted octanol–water partition coefficient (Wildman–Crippen LogP) is 2.92. The molecule has 1 heterocycles. The molecule has 1 saturated heterocycles. The summed E-state index contributed by atoms with van der Waals surface area (Å²) >= 11 is 0. The van der Waals surface area contributed by atoms with E-state index in [-0.39, 0.29) is 0 Å². The summed E-state index contributed by atoms with van der Waals surface area (Å²) in [6, 6.07) is 8.60. The minimum atomic E-state index is 0.304. The monoisotopic (exact) mass is 233 g/mol. The number of piperidine rings is 1. The summed E-state index contributed by atoms with van der Waals surface area (Å²) < 4.78 is 5.23. The van der Waals surface area contributed by atoms with Crippen LogP contribution >= 0.6 is 0 Å². The molecule has 2 atom stereocenters. The van der Waals surface area contributed by atoms with Gasteiger partial charge < -0.3 is 9.64 Å². The van der Waals surface area contributed by atoms with Crippen molar-refractivity contribution < 1.29 is 4.74 Å². The Hall–Kier alpha value is -1.02. The van der Waals surface area contributed by atoms with Crippen molar-refractivity contribution in [1.29, 1.82) is 0 Å². The topological polar surface area (TPSA) is 12.5 Å². The van der Waals surface area contributed by atoms with Crippen molar-refractivity contribution in [2.75, 3.05) is 27.2 Å². The van der Waals surface area contributed by atoms with E-state index in [4.69, 9.17) is 4.74 Å². The highest BCUT2D eigenvalue weighted by Crippen LogP contribution is 2.39. The van der Waals surface area contributed by atoms with Gasteiger partial charge in [0.15, 0.2) is 0 Å². The van der Waals surface area contributed by atoms with Crippen molar-refractivity contribution in [1.82, 2.24) is 4.90 Å². The maximum atomic E-state index is 5.23. The Morgan fingerprint density at radius 1 is 1.29 bits per heavy atom. The van der Waals surface area contributed by atoms with Gasteiger partial charge in [-0.2, -0.15) is 0 Å². The summed E-state index contributed by atoms with van der Waals surface area (Å²) in [5.41, 5.74) is 1.75. The summed E-state index contributed by atoms with van der Waals surface area (Å²) in [6.07, 6.45) is 1.23. The van der Waals surface area contributed by atoms with Gasteiger partial charge >= 0.3 is 0 Å². The summed E-state index contributed by atoms with van der Waals surface area (Å²) in [5.74, 6) is 1.63. The van der Waals surface area contributed by atoms with Crippen LogP contribution in [0.5, 0.6) is 5.75 Å². The van der Waals surface area contributed by atoms with Crippen molar-refractivity contribution in [2.45, 2.75) is 25.7 Å². The molecular weight excluding hydrogens is 210 g/mol. The minimum absolute atomic E-state index is 0.304. The molecule has 1 aliphatic rings. The summed E-state index contributed by atoms with van der Waals surface area (Å²) in [7, 11) is 3.93. The molecule has 2 rings (SSSR count). The lowest BCUT2D eigenvalue weighted by atomic mass is 9.68. The number of benzene rings is 1. The van der Waals surface area contributed by atoms with E-state index in [1.54, 1.807) is 7.11 Å². The molecule has 1 aromatic rings. The van der Waals surface area contributed by atoms with Crippen molar-refractivity contribution in [3.63, 3.8) is 0 Å². The van der Waals surface area contributed by atoms with Gasteiger partial charge in [-0.3, -0.25) is 0 Å². The van der Waals surface area contributed by atoms with Gasteiger partial charge in [0, 0.05) is 6.54 Å². The van der Waals surface area contributed by atoms with Crippen LogP contribution in [0.4, 0.5) is 0 Å². The van der Waals surface area contributed by atoms with Gasteiger partial charge in [-0.25, -0.2) is 0 Å². The molecule has 2 unspecified atom stereocenters. The van der Waals surface area contributed by atoms with Gasteiger partial charge in [-0.05, 0) is 49.0 Å². The van der Waals surface area contributed by atoms with Crippen molar-refractivity contribution in [3.8, 4) is 5.75 Å². The van der Waals surface area contributed by atoms with Gasteiger partial charge in [0.25, 0.3) is 0 Å². The first-order chi connectivity index (χ1) is 8.06. The molecule has 0 N–H and O–H groups in total. The van der Waals surface area contributed by atoms with E-state index < -0.39 is 0 Å². The molecule has 2 heteroatoms. The lowest BCUT2D eigenvalue weighted by Gasteiger charge is -2.44. The number of nitrogens with zero attached hydrogens (tertiary/aromatic N) is 1. The summed E-state index contributed by atoms with van der Waals surface area (Å²) in [4.78, 5) is 2.43. The first-order valence-electron chi connectivity index (χ1n) is 6.39. The maximum absolute atomic E-state index is 5.23. The molecule has 0 aromatic heterocycles. The van der Waals surface area contributed by atoms with Crippen molar-refractivity contribution in [3.05, 3.63) is 29.8 Å². The van der Waals surface area contributed by atoms with Crippen molar-refractivity contribution in [2.24, 2.45) is 5.92 Å². The van der Waals surface area contributed by atoms with E-state index in [9.17, 15) is 0 Å². The molecule has 0 saturated carbocycles. The molecule has 0 spiro atoms. The number of hydrogen-bond acceptors (Lipinski definition) is 2. The molecule has 94 valence electrons. The van der Waals surface area contributed by atoms with E-state index in [2.05, 4.69) is 50.1 Å². The summed E-state index contributed by atoms with van der Waals surface area (Å²) in [6.45, 7) is 7.13. The third kappa shape index (κ3) is 2.32. The minimum Gasteiger partial charge on any atom is -0.497 e. The van der Waals surface area contributed by atoms with Gasteiger partial charge in [-0.15, -0.1) is 0 Å². The lowest BCUT2D eigenvalue weighted by Crippen LogP contribution is -2.45. The van der Waals surface area contributed by atoms with Crippen LogP contribution in [0.15, 0.2) is 24.3 Å². The first kappa shape index (κ1) is 12.4.